The van der Waals surface area contributed by atoms with Crippen LogP contribution in [0.4, 0.5) is 11.5 Å². The number of aromatic nitrogens is 2. The lowest BCUT2D eigenvalue weighted by Gasteiger charge is -2.17. The lowest BCUT2D eigenvalue weighted by atomic mass is 10.2. The number of methoxy groups -OCH3 is 1. The molecule has 33 heavy (non-hydrogen) atoms. The highest BCUT2D eigenvalue weighted by Crippen LogP contribution is 2.23. The molecule has 0 spiro atoms. The van der Waals surface area contributed by atoms with E-state index in [0.29, 0.717) is 12.1 Å². The van der Waals surface area contributed by atoms with Crippen LogP contribution in [0.3, 0.4) is 0 Å². The van der Waals surface area contributed by atoms with Crippen LogP contribution in [0.25, 0.3) is 11.0 Å². The molecule has 4 aromatic rings. The topological polar surface area (TPSA) is 118 Å². The van der Waals surface area contributed by atoms with E-state index < -0.39 is 17.2 Å². The normalized spacial score (nSPS) is 11.0. The number of carbonyl (C=O) groups excluding carboxylic acids is 1. The number of rotatable bonds is 8. The summed E-state index contributed by atoms with van der Waals surface area (Å²) >= 11 is 0. The minimum Gasteiger partial charge on any atom is -0.451 e. The Morgan fingerprint density at radius 2 is 1.91 bits per heavy atom. The molecule has 0 aliphatic heterocycles. The highest BCUT2D eigenvalue weighted by molar-refractivity contribution is 6.05. The standard InChI is InChI=1S/C24H24N4O5/c1-15-8-9-18-17(12-15)13-19(33-18)22(29)26-21-20(25-14-16-6-4-3-5-7-16)23(30)27-24(31)28(21)10-11-32-2/h3-9,12-13,25H,10-11,14H2,1-2H3,(H,26,29)(H,27,30,31). The van der Waals surface area contributed by atoms with E-state index in [1.807, 2.05) is 49.4 Å². The first-order chi connectivity index (χ1) is 16.0. The zero-order chi connectivity index (χ0) is 23.4. The van der Waals surface area contributed by atoms with Crippen molar-refractivity contribution in [3.8, 4) is 0 Å². The van der Waals surface area contributed by atoms with Crippen LogP contribution < -0.4 is 21.9 Å². The summed E-state index contributed by atoms with van der Waals surface area (Å²) < 4.78 is 12.0. The fourth-order valence-corrected chi connectivity index (χ4v) is 3.49. The minimum atomic E-state index is -0.655. The Kier molecular flexibility index (Phi) is 6.41. The molecule has 0 aliphatic rings. The average molecular weight is 448 g/mol. The van der Waals surface area contributed by atoms with E-state index in [0.717, 1.165) is 16.5 Å². The zero-order valence-corrected chi connectivity index (χ0v) is 18.3. The number of nitrogens with one attached hydrogen (secondary N) is 3. The summed E-state index contributed by atoms with van der Waals surface area (Å²) in [5, 5.41) is 6.52. The summed E-state index contributed by atoms with van der Waals surface area (Å²) in [4.78, 5) is 40.6. The molecular weight excluding hydrogens is 424 g/mol. The third-order valence-electron chi connectivity index (χ3n) is 5.16. The van der Waals surface area contributed by atoms with Crippen LogP contribution in [-0.4, -0.2) is 29.2 Å². The maximum absolute atomic E-state index is 13.1. The molecule has 0 radical (unpaired) electrons. The molecule has 4 rings (SSSR count). The number of nitrogens with zero attached hydrogens (tertiary/aromatic N) is 1. The summed E-state index contributed by atoms with van der Waals surface area (Å²) in [6, 6.07) is 16.7. The maximum atomic E-state index is 13.1. The Labute approximate surface area is 189 Å². The molecule has 2 heterocycles. The van der Waals surface area contributed by atoms with E-state index in [4.69, 9.17) is 9.15 Å². The number of anilines is 2. The highest BCUT2D eigenvalue weighted by atomic mass is 16.5. The second-order valence-corrected chi connectivity index (χ2v) is 7.57. The van der Waals surface area contributed by atoms with Gasteiger partial charge in [0.25, 0.3) is 11.5 Å². The summed E-state index contributed by atoms with van der Waals surface area (Å²) in [5.74, 6) is -0.475. The van der Waals surface area contributed by atoms with Gasteiger partial charge in [-0.05, 0) is 30.7 Å². The molecule has 3 N–H and O–H groups in total. The van der Waals surface area contributed by atoms with Crippen LogP contribution in [0, 0.1) is 6.92 Å². The van der Waals surface area contributed by atoms with E-state index >= 15 is 0 Å². The summed E-state index contributed by atoms with van der Waals surface area (Å²) in [5.41, 5.74) is 1.30. The number of hydrogen-bond donors (Lipinski definition) is 3. The number of H-pyrrole nitrogens is 1. The summed E-state index contributed by atoms with van der Waals surface area (Å²) in [7, 11) is 1.50. The zero-order valence-electron chi connectivity index (χ0n) is 18.3. The summed E-state index contributed by atoms with van der Waals surface area (Å²) in [6.45, 7) is 2.60. The Hall–Kier alpha value is -4.11. The van der Waals surface area contributed by atoms with Crippen LogP contribution >= 0.6 is 0 Å². The van der Waals surface area contributed by atoms with E-state index in [2.05, 4.69) is 15.6 Å². The van der Waals surface area contributed by atoms with E-state index in [9.17, 15) is 14.4 Å². The van der Waals surface area contributed by atoms with Crippen LogP contribution in [0.5, 0.6) is 0 Å². The van der Waals surface area contributed by atoms with Gasteiger partial charge in [0.1, 0.15) is 17.1 Å². The predicted molar refractivity (Wildman–Crippen MR) is 126 cm³/mol. The van der Waals surface area contributed by atoms with Crippen LogP contribution in [0.15, 0.2) is 68.6 Å². The first-order valence-corrected chi connectivity index (χ1v) is 10.4. The molecule has 0 aliphatic carbocycles. The smallest absolute Gasteiger partial charge is 0.330 e. The second kappa shape index (κ2) is 9.58. The van der Waals surface area contributed by atoms with Gasteiger partial charge in [-0.3, -0.25) is 19.1 Å². The van der Waals surface area contributed by atoms with Crippen LogP contribution in [0.1, 0.15) is 21.7 Å². The third-order valence-corrected chi connectivity index (χ3v) is 5.16. The molecule has 0 saturated heterocycles. The molecule has 0 bridgehead atoms. The molecule has 170 valence electrons. The largest absolute Gasteiger partial charge is 0.451 e. The van der Waals surface area contributed by atoms with Gasteiger partial charge < -0.3 is 19.8 Å². The molecule has 1 amide bonds. The Bertz CT molecular complexity index is 1400. The number of furan rings is 1. The number of fused-ring (bicyclic) bond motifs is 1. The molecule has 0 fully saturated rings. The first kappa shape index (κ1) is 22.1. The van der Waals surface area contributed by atoms with E-state index in [1.165, 1.54) is 11.7 Å². The predicted octanol–water partition coefficient (Wildman–Crippen LogP) is 3.10. The van der Waals surface area contributed by atoms with Crippen molar-refractivity contribution >= 4 is 28.4 Å². The van der Waals surface area contributed by atoms with Crippen molar-refractivity contribution in [1.29, 1.82) is 0 Å². The van der Waals surface area contributed by atoms with Gasteiger partial charge in [-0.15, -0.1) is 0 Å². The first-order valence-electron chi connectivity index (χ1n) is 10.4. The molecule has 0 unspecified atom stereocenters. The quantitative estimate of drug-likeness (QED) is 0.381. The van der Waals surface area contributed by atoms with Gasteiger partial charge in [-0.2, -0.15) is 0 Å². The van der Waals surface area contributed by atoms with Crippen molar-refractivity contribution in [2.75, 3.05) is 24.4 Å². The van der Waals surface area contributed by atoms with Gasteiger partial charge in [-0.25, -0.2) is 4.79 Å². The number of aryl methyl sites for hydroxylation is 1. The lowest BCUT2D eigenvalue weighted by Crippen LogP contribution is -2.36. The number of hydrogen-bond acceptors (Lipinski definition) is 6. The van der Waals surface area contributed by atoms with E-state index in [1.54, 1.807) is 12.1 Å². The van der Waals surface area contributed by atoms with Crippen molar-refractivity contribution in [3.05, 3.63) is 92.3 Å². The molecule has 2 aromatic heterocycles. The highest BCUT2D eigenvalue weighted by Gasteiger charge is 2.20. The SMILES string of the molecule is COCCn1c(NC(=O)c2cc3cc(C)ccc3o2)c(NCc2ccccc2)c(=O)[nH]c1=O. The molecule has 0 saturated carbocycles. The molecule has 0 atom stereocenters. The number of ether oxygens (including phenoxy) is 1. The van der Waals surface area contributed by atoms with Crippen molar-refractivity contribution in [1.82, 2.24) is 9.55 Å². The Morgan fingerprint density at radius 3 is 2.67 bits per heavy atom. The maximum Gasteiger partial charge on any atom is 0.330 e. The second-order valence-electron chi connectivity index (χ2n) is 7.57. The van der Waals surface area contributed by atoms with Crippen LogP contribution in [0.2, 0.25) is 0 Å². The van der Waals surface area contributed by atoms with Crippen molar-refractivity contribution in [2.24, 2.45) is 0 Å². The Morgan fingerprint density at radius 1 is 1.12 bits per heavy atom. The fourth-order valence-electron chi connectivity index (χ4n) is 3.49. The van der Waals surface area contributed by atoms with Crippen molar-refractivity contribution in [3.63, 3.8) is 0 Å². The number of aromatic amines is 1. The van der Waals surface area contributed by atoms with Gasteiger partial charge in [0, 0.05) is 19.0 Å². The summed E-state index contributed by atoms with van der Waals surface area (Å²) in [6.07, 6.45) is 0. The average Bonchev–Trinajstić information content (AvgIpc) is 3.22. The molecule has 9 nitrogen and oxygen atoms in total. The minimum absolute atomic E-state index is 0.0402. The lowest BCUT2D eigenvalue weighted by molar-refractivity contribution is 0.0997. The van der Waals surface area contributed by atoms with Crippen molar-refractivity contribution in [2.45, 2.75) is 20.0 Å². The fraction of sp³-hybridized carbons (Fsp3) is 0.208. The van der Waals surface area contributed by atoms with Gasteiger partial charge >= 0.3 is 5.69 Å². The van der Waals surface area contributed by atoms with E-state index in [-0.39, 0.29) is 30.4 Å². The Balaban J connectivity index is 1.71. The van der Waals surface area contributed by atoms with Gasteiger partial charge in [-0.1, -0.05) is 42.0 Å². The van der Waals surface area contributed by atoms with Gasteiger partial charge in [0.2, 0.25) is 0 Å². The molecule has 2 aromatic carbocycles. The number of carbonyl (C=O) groups is 1. The van der Waals surface area contributed by atoms with Gasteiger partial charge in [0.05, 0.1) is 13.2 Å². The number of amides is 1. The van der Waals surface area contributed by atoms with Crippen LogP contribution in [-0.2, 0) is 17.8 Å². The third kappa shape index (κ3) is 4.88. The van der Waals surface area contributed by atoms with Gasteiger partial charge in [0.15, 0.2) is 5.76 Å². The molecule has 9 heteroatoms. The molecular formula is C24H24N4O5. The van der Waals surface area contributed by atoms with Crippen molar-refractivity contribution < 1.29 is 13.9 Å². The monoisotopic (exact) mass is 448 g/mol. The number of benzene rings is 2.